The number of esters is 1. The van der Waals surface area contributed by atoms with E-state index in [2.05, 4.69) is 4.72 Å². The van der Waals surface area contributed by atoms with Crippen molar-refractivity contribution in [1.82, 2.24) is 0 Å². The van der Waals surface area contributed by atoms with Crippen LogP contribution in [-0.4, -0.2) is 27.6 Å². The maximum absolute atomic E-state index is 12.5. The number of hydrogen-bond donors (Lipinski definition) is 1. The lowest BCUT2D eigenvalue weighted by atomic mass is 10.0. The Bertz CT molecular complexity index is 844. The van der Waals surface area contributed by atoms with Gasteiger partial charge >= 0.3 is 5.97 Å². The monoisotopic (exact) mass is 377 g/mol. The van der Waals surface area contributed by atoms with Crippen molar-refractivity contribution in [3.8, 4) is 5.75 Å². The number of rotatable bonds is 8. The third-order valence-electron chi connectivity index (χ3n) is 3.61. The van der Waals surface area contributed by atoms with Crippen LogP contribution in [0.3, 0.4) is 0 Å². The summed E-state index contributed by atoms with van der Waals surface area (Å²) in [5, 5.41) is 0. The van der Waals surface area contributed by atoms with Gasteiger partial charge in [-0.15, -0.1) is 0 Å². The lowest BCUT2D eigenvalue weighted by Gasteiger charge is -2.11. The SMILES string of the molecule is CCOC(=O)COc1cccc(NS(=O)(=O)c2ccc(C(C)C)cc2)c1. The molecule has 0 aliphatic carbocycles. The first-order valence-electron chi connectivity index (χ1n) is 8.33. The molecule has 2 aromatic carbocycles. The van der Waals surface area contributed by atoms with Gasteiger partial charge in [0, 0.05) is 6.07 Å². The third-order valence-corrected chi connectivity index (χ3v) is 5.00. The topological polar surface area (TPSA) is 81.7 Å². The molecule has 26 heavy (non-hydrogen) atoms. The summed E-state index contributed by atoms with van der Waals surface area (Å²) < 4.78 is 37.6. The maximum atomic E-state index is 12.5. The molecule has 7 heteroatoms. The van der Waals surface area contributed by atoms with Crippen molar-refractivity contribution in [3.05, 3.63) is 54.1 Å². The molecule has 1 N–H and O–H groups in total. The summed E-state index contributed by atoms with van der Waals surface area (Å²) in [6.07, 6.45) is 0. The highest BCUT2D eigenvalue weighted by Gasteiger charge is 2.15. The fourth-order valence-electron chi connectivity index (χ4n) is 2.24. The molecule has 0 saturated heterocycles. The first-order chi connectivity index (χ1) is 12.3. The Morgan fingerprint density at radius 1 is 1.12 bits per heavy atom. The lowest BCUT2D eigenvalue weighted by Crippen LogP contribution is -2.15. The standard InChI is InChI=1S/C19H23NO5S/c1-4-24-19(21)13-25-17-7-5-6-16(12-17)20-26(22,23)18-10-8-15(9-11-18)14(2)3/h5-12,14,20H,4,13H2,1-3H3. The molecule has 0 heterocycles. The molecule has 0 aliphatic heterocycles. The van der Waals surface area contributed by atoms with Crippen molar-refractivity contribution in [2.24, 2.45) is 0 Å². The minimum Gasteiger partial charge on any atom is -0.482 e. The molecule has 0 fully saturated rings. The van der Waals surface area contributed by atoms with Crippen LogP contribution in [0.1, 0.15) is 32.3 Å². The molecule has 0 amide bonds. The second kappa shape index (κ2) is 8.71. The third kappa shape index (κ3) is 5.49. The van der Waals surface area contributed by atoms with E-state index in [4.69, 9.17) is 9.47 Å². The van der Waals surface area contributed by atoms with Gasteiger partial charge in [0.1, 0.15) is 5.75 Å². The van der Waals surface area contributed by atoms with Gasteiger partial charge in [-0.1, -0.05) is 32.0 Å². The van der Waals surface area contributed by atoms with Gasteiger partial charge in [0.2, 0.25) is 0 Å². The maximum Gasteiger partial charge on any atom is 0.344 e. The largest absolute Gasteiger partial charge is 0.482 e. The zero-order valence-corrected chi connectivity index (χ0v) is 15.9. The minimum absolute atomic E-state index is 0.180. The van der Waals surface area contributed by atoms with Crippen LogP contribution < -0.4 is 9.46 Å². The van der Waals surface area contributed by atoms with Crippen LogP contribution in [-0.2, 0) is 19.6 Å². The summed E-state index contributed by atoms with van der Waals surface area (Å²) in [6, 6.07) is 13.2. The molecule has 0 aliphatic rings. The van der Waals surface area contributed by atoms with E-state index in [1.165, 1.54) is 6.07 Å². The fraction of sp³-hybridized carbons (Fsp3) is 0.316. The minimum atomic E-state index is -3.71. The van der Waals surface area contributed by atoms with Crippen molar-refractivity contribution in [1.29, 1.82) is 0 Å². The Balaban J connectivity index is 2.09. The molecule has 0 aromatic heterocycles. The number of carbonyl (C=O) groups excluding carboxylic acids is 1. The van der Waals surface area contributed by atoms with Crippen molar-refractivity contribution in [2.45, 2.75) is 31.6 Å². The van der Waals surface area contributed by atoms with E-state index in [-0.39, 0.29) is 18.1 Å². The number of anilines is 1. The van der Waals surface area contributed by atoms with Gasteiger partial charge in [-0.2, -0.15) is 0 Å². The van der Waals surface area contributed by atoms with Gasteiger partial charge in [0.05, 0.1) is 17.2 Å². The van der Waals surface area contributed by atoms with E-state index >= 15 is 0 Å². The van der Waals surface area contributed by atoms with Crippen molar-refractivity contribution >= 4 is 21.7 Å². The molecule has 0 bridgehead atoms. The van der Waals surface area contributed by atoms with Gasteiger partial charge in [-0.05, 0) is 42.7 Å². The van der Waals surface area contributed by atoms with Gasteiger partial charge in [-0.25, -0.2) is 13.2 Å². The van der Waals surface area contributed by atoms with Crippen LogP contribution in [0.15, 0.2) is 53.4 Å². The van der Waals surface area contributed by atoms with E-state index in [0.717, 1.165) is 5.56 Å². The normalized spacial score (nSPS) is 11.2. The van der Waals surface area contributed by atoms with E-state index in [1.54, 1.807) is 49.4 Å². The summed E-state index contributed by atoms with van der Waals surface area (Å²) in [5.74, 6) is 0.213. The summed E-state index contributed by atoms with van der Waals surface area (Å²) in [5.41, 5.74) is 1.41. The summed E-state index contributed by atoms with van der Waals surface area (Å²) in [7, 11) is -3.71. The van der Waals surface area contributed by atoms with Gasteiger partial charge in [-0.3, -0.25) is 4.72 Å². The number of ether oxygens (including phenoxy) is 2. The molecule has 0 unspecified atom stereocenters. The van der Waals surface area contributed by atoms with Gasteiger partial charge in [0.15, 0.2) is 6.61 Å². The van der Waals surface area contributed by atoms with Crippen LogP contribution in [0, 0.1) is 0 Å². The predicted octanol–water partition coefficient (Wildman–Crippen LogP) is 3.55. The Morgan fingerprint density at radius 2 is 1.81 bits per heavy atom. The van der Waals surface area contributed by atoms with Gasteiger partial charge < -0.3 is 9.47 Å². The lowest BCUT2D eigenvalue weighted by molar-refractivity contribution is -0.145. The van der Waals surface area contributed by atoms with Crippen LogP contribution in [0.4, 0.5) is 5.69 Å². The second-order valence-corrected chi connectivity index (χ2v) is 7.63. The number of carbonyl (C=O) groups is 1. The zero-order chi connectivity index (χ0) is 19.2. The van der Waals surface area contributed by atoms with E-state index < -0.39 is 16.0 Å². The number of nitrogens with one attached hydrogen (secondary N) is 1. The van der Waals surface area contributed by atoms with Crippen molar-refractivity contribution < 1.29 is 22.7 Å². The van der Waals surface area contributed by atoms with Crippen LogP contribution in [0.2, 0.25) is 0 Å². The molecular weight excluding hydrogens is 354 g/mol. The number of benzene rings is 2. The predicted molar refractivity (Wildman–Crippen MR) is 99.9 cm³/mol. The Hall–Kier alpha value is -2.54. The van der Waals surface area contributed by atoms with E-state index in [1.807, 2.05) is 13.8 Å². The Kier molecular flexibility index (Phi) is 6.63. The smallest absolute Gasteiger partial charge is 0.344 e. The highest BCUT2D eigenvalue weighted by atomic mass is 32.2. The zero-order valence-electron chi connectivity index (χ0n) is 15.1. The van der Waals surface area contributed by atoms with Crippen molar-refractivity contribution in [2.75, 3.05) is 17.9 Å². The highest BCUT2D eigenvalue weighted by Crippen LogP contribution is 2.22. The van der Waals surface area contributed by atoms with Crippen molar-refractivity contribution in [3.63, 3.8) is 0 Å². The van der Waals surface area contributed by atoms with Crippen LogP contribution >= 0.6 is 0 Å². The average Bonchev–Trinajstić information content (AvgIpc) is 2.60. The summed E-state index contributed by atoms with van der Waals surface area (Å²) in [4.78, 5) is 11.5. The number of sulfonamides is 1. The molecule has 140 valence electrons. The molecule has 2 rings (SSSR count). The first-order valence-corrected chi connectivity index (χ1v) is 9.81. The first kappa shape index (κ1) is 19.8. The molecular formula is C19H23NO5S. The molecule has 2 aromatic rings. The highest BCUT2D eigenvalue weighted by molar-refractivity contribution is 7.92. The summed E-state index contributed by atoms with van der Waals surface area (Å²) >= 11 is 0. The second-order valence-electron chi connectivity index (χ2n) is 5.95. The molecule has 0 radical (unpaired) electrons. The Morgan fingerprint density at radius 3 is 2.42 bits per heavy atom. The summed E-state index contributed by atoms with van der Waals surface area (Å²) in [6.45, 7) is 5.84. The molecule has 0 atom stereocenters. The molecule has 0 spiro atoms. The fourth-order valence-corrected chi connectivity index (χ4v) is 3.29. The van der Waals surface area contributed by atoms with Crippen LogP contribution in [0.25, 0.3) is 0 Å². The van der Waals surface area contributed by atoms with E-state index in [9.17, 15) is 13.2 Å². The quantitative estimate of drug-likeness (QED) is 0.712. The average molecular weight is 377 g/mol. The Labute approximate surface area is 154 Å². The van der Waals surface area contributed by atoms with E-state index in [0.29, 0.717) is 17.4 Å². The number of hydrogen-bond acceptors (Lipinski definition) is 5. The molecule has 0 saturated carbocycles. The van der Waals surface area contributed by atoms with Gasteiger partial charge in [0.25, 0.3) is 10.0 Å². The van der Waals surface area contributed by atoms with Crippen LogP contribution in [0.5, 0.6) is 5.75 Å². The molecule has 6 nitrogen and oxygen atoms in total.